The first-order valence-corrected chi connectivity index (χ1v) is 12.1. The smallest absolute Gasteiger partial charge is 0.407 e. The standard InChI is InChI=1S/C18H24ClN7O5S/c19-16-14(7-22-24-17(16)27)26-6-5-13(9-26)31-18(28)23-11-1-3-12(4-2-11)25-32(29,30)15-8-20-10-21-15/h7-8,10-13,25H,1-6,9H2,(H,20,21)(H,23,28)(H,24,27)/t11?,12?,13-/m1/s1. The molecule has 32 heavy (non-hydrogen) atoms. The number of anilines is 1. The van der Waals surface area contributed by atoms with Gasteiger partial charge in [-0.1, -0.05) is 11.6 Å². The van der Waals surface area contributed by atoms with Crippen LogP contribution in [0.1, 0.15) is 32.1 Å². The molecule has 1 aliphatic heterocycles. The fourth-order valence-corrected chi connectivity index (χ4v) is 5.44. The predicted octanol–water partition coefficient (Wildman–Crippen LogP) is 0.741. The van der Waals surface area contributed by atoms with E-state index in [2.05, 4.69) is 30.2 Å². The van der Waals surface area contributed by atoms with Crippen LogP contribution in [0.3, 0.4) is 0 Å². The molecule has 2 fully saturated rings. The number of imidazole rings is 1. The molecule has 1 amide bonds. The number of rotatable bonds is 6. The zero-order chi connectivity index (χ0) is 22.7. The molecule has 3 heterocycles. The van der Waals surface area contributed by atoms with E-state index < -0.39 is 21.7 Å². The lowest BCUT2D eigenvalue weighted by atomic mass is 9.92. The Balaban J connectivity index is 1.21. The summed E-state index contributed by atoms with van der Waals surface area (Å²) in [6.07, 6.45) is 6.30. The number of sulfonamides is 1. The molecule has 1 aliphatic carbocycles. The molecule has 0 bridgehead atoms. The second-order valence-electron chi connectivity index (χ2n) is 7.89. The van der Waals surface area contributed by atoms with Gasteiger partial charge in [-0.3, -0.25) is 4.79 Å². The summed E-state index contributed by atoms with van der Waals surface area (Å²) in [5.41, 5.74) is 0.0477. The maximum absolute atomic E-state index is 12.3. The first-order valence-electron chi connectivity index (χ1n) is 10.3. The molecule has 0 spiro atoms. The van der Waals surface area contributed by atoms with Gasteiger partial charge in [-0.15, -0.1) is 0 Å². The highest BCUT2D eigenvalue weighted by atomic mass is 35.5. The summed E-state index contributed by atoms with van der Waals surface area (Å²) in [5.74, 6) is 0. The van der Waals surface area contributed by atoms with Crippen molar-refractivity contribution in [3.63, 3.8) is 0 Å². The topological polar surface area (TPSA) is 162 Å². The molecule has 174 valence electrons. The third-order valence-corrected chi connectivity index (χ3v) is 7.48. The van der Waals surface area contributed by atoms with Crippen LogP contribution in [-0.2, 0) is 14.8 Å². The number of carbonyl (C=O) groups excluding carboxylic acids is 1. The molecular formula is C18H24ClN7O5S. The zero-order valence-corrected chi connectivity index (χ0v) is 18.7. The Kier molecular flexibility index (Phi) is 6.67. The van der Waals surface area contributed by atoms with Crippen LogP contribution in [0.5, 0.6) is 0 Å². The normalized spacial score (nSPS) is 23.8. The van der Waals surface area contributed by atoms with Crippen LogP contribution in [0.2, 0.25) is 5.02 Å². The number of H-pyrrole nitrogens is 2. The van der Waals surface area contributed by atoms with Crippen molar-refractivity contribution in [2.75, 3.05) is 18.0 Å². The third kappa shape index (κ3) is 5.22. The minimum atomic E-state index is -3.63. The highest BCUT2D eigenvalue weighted by Gasteiger charge is 2.30. The summed E-state index contributed by atoms with van der Waals surface area (Å²) in [7, 11) is -3.63. The largest absolute Gasteiger partial charge is 0.444 e. The van der Waals surface area contributed by atoms with E-state index in [4.69, 9.17) is 16.3 Å². The molecule has 2 aromatic rings. The van der Waals surface area contributed by atoms with Crippen LogP contribution >= 0.6 is 11.6 Å². The molecule has 1 atom stereocenters. The first kappa shape index (κ1) is 22.6. The number of carbonyl (C=O) groups is 1. The summed E-state index contributed by atoms with van der Waals surface area (Å²) in [4.78, 5) is 32.1. The Morgan fingerprint density at radius 3 is 2.66 bits per heavy atom. The number of nitrogens with one attached hydrogen (secondary N) is 4. The number of alkyl carbamates (subject to hydrolysis) is 1. The molecule has 4 N–H and O–H groups in total. The van der Waals surface area contributed by atoms with Crippen molar-refractivity contribution in [2.45, 2.75) is 55.3 Å². The van der Waals surface area contributed by atoms with E-state index in [1.165, 1.54) is 18.7 Å². The maximum atomic E-state index is 12.3. The quantitative estimate of drug-likeness (QED) is 0.465. The van der Waals surface area contributed by atoms with Crippen molar-refractivity contribution < 1.29 is 17.9 Å². The Labute approximate surface area is 189 Å². The van der Waals surface area contributed by atoms with Crippen LogP contribution in [0, 0.1) is 0 Å². The number of amides is 1. The van der Waals surface area contributed by atoms with E-state index in [9.17, 15) is 18.0 Å². The monoisotopic (exact) mass is 485 g/mol. The fourth-order valence-electron chi connectivity index (χ4n) is 4.02. The Morgan fingerprint density at radius 1 is 1.19 bits per heavy atom. The van der Waals surface area contributed by atoms with Crippen molar-refractivity contribution in [1.29, 1.82) is 0 Å². The van der Waals surface area contributed by atoms with Gasteiger partial charge in [0, 0.05) is 25.0 Å². The van der Waals surface area contributed by atoms with Gasteiger partial charge in [0.2, 0.25) is 0 Å². The lowest BCUT2D eigenvalue weighted by molar-refractivity contribution is 0.102. The second-order valence-corrected chi connectivity index (χ2v) is 9.95. The van der Waals surface area contributed by atoms with E-state index in [1.807, 2.05) is 4.90 Å². The van der Waals surface area contributed by atoms with Crippen molar-refractivity contribution >= 4 is 33.4 Å². The fraction of sp³-hybridized carbons (Fsp3) is 0.556. The van der Waals surface area contributed by atoms with E-state index >= 15 is 0 Å². The van der Waals surface area contributed by atoms with Crippen LogP contribution in [0.25, 0.3) is 0 Å². The third-order valence-electron chi connectivity index (χ3n) is 5.67. The summed E-state index contributed by atoms with van der Waals surface area (Å²) < 4.78 is 32.7. The van der Waals surface area contributed by atoms with Crippen molar-refractivity contribution in [3.8, 4) is 0 Å². The van der Waals surface area contributed by atoms with Crippen LogP contribution in [0.4, 0.5) is 10.5 Å². The molecule has 0 aromatic carbocycles. The van der Waals surface area contributed by atoms with Gasteiger partial charge in [0.25, 0.3) is 15.6 Å². The number of aromatic amines is 2. The zero-order valence-electron chi connectivity index (χ0n) is 17.1. The molecule has 2 aromatic heterocycles. The van der Waals surface area contributed by atoms with Gasteiger partial charge in [-0.05, 0) is 25.7 Å². The van der Waals surface area contributed by atoms with Gasteiger partial charge < -0.3 is 19.9 Å². The molecule has 2 aliphatic rings. The summed E-state index contributed by atoms with van der Waals surface area (Å²) in [5, 5.41) is 8.99. The highest BCUT2D eigenvalue weighted by Crippen LogP contribution is 2.26. The van der Waals surface area contributed by atoms with Gasteiger partial charge in [0.15, 0.2) is 5.03 Å². The maximum Gasteiger partial charge on any atom is 0.407 e. The average Bonchev–Trinajstić information content (AvgIpc) is 3.44. The highest BCUT2D eigenvalue weighted by molar-refractivity contribution is 7.89. The average molecular weight is 486 g/mol. The van der Waals surface area contributed by atoms with Crippen LogP contribution in [0.15, 0.2) is 28.5 Å². The molecule has 12 nitrogen and oxygen atoms in total. The molecular weight excluding hydrogens is 462 g/mol. The van der Waals surface area contributed by atoms with Gasteiger partial charge in [-0.25, -0.2) is 28.0 Å². The molecule has 14 heteroatoms. The molecule has 1 saturated heterocycles. The van der Waals surface area contributed by atoms with Crippen molar-refractivity contribution in [3.05, 3.63) is 34.1 Å². The first-order chi connectivity index (χ1) is 15.3. The van der Waals surface area contributed by atoms with Gasteiger partial charge in [0.1, 0.15) is 11.1 Å². The van der Waals surface area contributed by atoms with E-state index in [0.717, 1.165) is 0 Å². The van der Waals surface area contributed by atoms with Crippen LogP contribution in [-0.4, -0.2) is 66.0 Å². The molecule has 0 radical (unpaired) electrons. The Morgan fingerprint density at radius 2 is 1.94 bits per heavy atom. The van der Waals surface area contributed by atoms with Crippen molar-refractivity contribution in [2.24, 2.45) is 0 Å². The van der Waals surface area contributed by atoms with Gasteiger partial charge in [0.05, 0.1) is 31.0 Å². The van der Waals surface area contributed by atoms with Crippen molar-refractivity contribution in [1.82, 2.24) is 30.2 Å². The van der Waals surface area contributed by atoms with Crippen LogP contribution < -0.4 is 20.5 Å². The number of ether oxygens (including phenoxy) is 1. The second kappa shape index (κ2) is 9.46. The summed E-state index contributed by atoms with van der Waals surface area (Å²) in [6.45, 7) is 1.00. The Hall–Kier alpha value is -2.64. The lowest BCUT2D eigenvalue weighted by Crippen LogP contribution is -2.44. The molecule has 4 rings (SSSR count). The summed E-state index contributed by atoms with van der Waals surface area (Å²) in [6, 6.07) is -0.285. The molecule has 0 unspecified atom stereocenters. The minimum absolute atomic E-state index is 0.0316. The van der Waals surface area contributed by atoms with Gasteiger partial charge >= 0.3 is 6.09 Å². The van der Waals surface area contributed by atoms with E-state index in [-0.39, 0.29) is 28.2 Å². The number of nitrogens with zero attached hydrogens (tertiary/aromatic N) is 3. The Bertz CT molecular complexity index is 1100. The summed E-state index contributed by atoms with van der Waals surface area (Å²) >= 11 is 6.04. The number of aromatic nitrogens is 4. The van der Waals surface area contributed by atoms with Gasteiger partial charge in [-0.2, -0.15) is 5.10 Å². The number of hydrogen-bond donors (Lipinski definition) is 4. The number of hydrogen-bond acceptors (Lipinski definition) is 8. The number of halogens is 1. The lowest BCUT2D eigenvalue weighted by Gasteiger charge is -2.29. The SMILES string of the molecule is O=C(NC1CCC(NS(=O)(=O)c2cnc[nH]2)CC1)O[C@@H]1CCN(c2cn[nH]c(=O)c2Cl)C1. The van der Waals surface area contributed by atoms with E-state index in [1.54, 1.807) is 0 Å². The van der Waals surface area contributed by atoms with E-state index in [0.29, 0.717) is 50.9 Å². The molecule has 1 saturated carbocycles. The minimum Gasteiger partial charge on any atom is -0.444 e. The predicted molar refractivity (Wildman–Crippen MR) is 115 cm³/mol.